The lowest BCUT2D eigenvalue weighted by Gasteiger charge is -2.40. The van der Waals surface area contributed by atoms with E-state index in [4.69, 9.17) is 33.2 Å². The van der Waals surface area contributed by atoms with E-state index in [0.29, 0.717) is 45.3 Å². The van der Waals surface area contributed by atoms with Crippen LogP contribution in [0.1, 0.15) is 145 Å². The zero-order valence-corrected chi connectivity index (χ0v) is 47.8. The molecule has 470 valence electrons. The number of rotatable bonds is 37. The van der Waals surface area contributed by atoms with Gasteiger partial charge in [-0.25, -0.2) is 0 Å². The normalized spacial score (nSPS) is 29.3. The molecule has 6 unspecified atom stereocenters. The minimum atomic E-state index is -1.28. The largest absolute Gasteiger partial charge is 0.394 e. The van der Waals surface area contributed by atoms with E-state index in [1.807, 2.05) is 0 Å². The van der Waals surface area contributed by atoms with Crippen LogP contribution < -0.4 is 21.3 Å². The number of amides is 4. The molecule has 0 bridgehead atoms. The Bertz CT molecular complexity index is 1560. The number of carbonyl (C=O) groups is 5. The Morgan fingerprint density at radius 2 is 0.800 bits per heavy atom. The van der Waals surface area contributed by atoms with Gasteiger partial charge in [0.1, 0.15) is 42.4 Å². The molecule has 0 aromatic heterocycles. The van der Waals surface area contributed by atoms with Gasteiger partial charge in [-0.05, 0) is 63.7 Å². The van der Waals surface area contributed by atoms with E-state index in [2.05, 4.69) is 42.0 Å². The molecule has 25 heteroatoms. The lowest BCUT2D eigenvalue weighted by atomic mass is 9.82. The first kappa shape index (κ1) is 74.9. The van der Waals surface area contributed by atoms with Crippen molar-refractivity contribution in [1.82, 2.24) is 21.3 Å². The van der Waals surface area contributed by atoms with Crippen molar-refractivity contribution >= 4 is 29.4 Å². The van der Waals surface area contributed by atoms with Crippen LogP contribution in [0.4, 0.5) is 0 Å². The average Bonchev–Trinajstić information content (AvgIpc) is 3.41. The second-order valence-electron chi connectivity index (χ2n) is 21.8. The molecule has 0 spiro atoms. The highest BCUT2D eigenvalue weighted by Crippen LogP contribution is 2.31. The maximum atomic E-state index is 13.8. The third-order valence-electron chi connectivity index (χ3n) is 14.1. The van der Waals surface area contributed by atoms with Crippen molar-refractivity contribution in [3.05, 3.63) is 0 Å². The van der Waals surface area contributed by atoms with Gasteiger partial charge in [0, 0.05) is 102 Å². The number of ether oxygens (including phenoxy) is 7. The van der Waals surface area contributed by atoms with Gasteiger partial charge in [-0.2, -0.15) is 0 Å². The summed E-state index contributed by atoms with van der Waals surface area (Å²) in [5.41, 5.74) is -1.24. The predicted octanol–water partition coefficient (Wildman–Crippen LogP) is -0.169. The maximum absolute atomic E-state index is 13.8. The third-order valence-corrected chi connectivity index (χ3v) is 14.1. The van der Waals surface area contributed by atoms with Crippen molar-refractivity contribution in [2.75, 3.05) is 73.0 Å². The first-order valence-electron chi connectivity index (χ1n) is 28.4. The molecule has 0 saturated carbocycles. The molecular weight excluding hydrogens is 1050 g/mol. The van der Waals surface area contributed by atoms with Gasteiger partial charge in [-0.3, -0.25) is 24.0 Å². The van der Waals surface area contributed by atoms with Gasteiger partial charge in [0.25, 0.3) is 0 Å². The molecule has 3 heterocycles. The molecular formula is C55H104N4O21. The average molecular weight is 1160 g/mol. The summed E-state index contributed by atoms with van der Waals surface area (Å²) >= 11 is 0. The van der Waals surface area contributed by atoms with Crippen LogP contribution in [-0.2, 0) is 57.1 Å². The maximum Gasteiger partial charge on any atom is 0.220 e. The van der Waals surface area contributed by atoms with Crippen LogP contribution in [0.25, 0.3) is 0 Å². The number of Topliss-reactive ketones (excluding diaryl/α,β-unsaturated/α-hetero) is 1. The molecule has 80 heavy (non-hydrogen) atoms. The molecule has 3 fully saturated rings. The highest BCUT2D eigenvalue weighted by Gasteiger charge is 2.45. The number of aliphatic hydroxyl groups is 9. The lowest BCUT2D eigenvalue weighted by Crippen LogP contribution is -2.55. The molecule has 3 saturated heterocycles. The topological polar surface area (TPSA) is 380 Å². The van der Waals surface area contributed by atoms with Crippen molar-refractivity contribution < 1.29 is 103 Å². The summed E-state index contributed by atoms with van der Waals surface area (Å²) in [6.45, 7) is 11.5. The van der Waals surface area contributed by atoms with Gasteiger partial charge < -0.3 is 100 Å². The number of hydrogen-bond donors (Lipinski definition) is 13. The molecule has 4 amide bonds. The summed E-state index contributed by atoms with van der Waals surface area (Å²) < 4.78 is 39.2. The van der Waals surface area contributed by atoms with Crippen molar-refractivity contribution in [2.45, 2.75) is 225 Å². The molecule has 3 aliphatic rings. The lowest BCUT2D eigenvalue weighted by molar-refractivity contribution is -0.282. The molecule has 15 atom stereocenters. The summed E-state index contributed by atoms with van der Waals surface area (Å²) in [7, 11) is 1.56. The summed E-state index contributed by atoms with van der Waals surface area (Å²) in [4.78, 5) is 66.6. The van der Waals surface area contributed by atoms with Crippen molar-refractivity contribution in [2.24, 2.45) is 23.7 Å². The Kier molecular flexibility index (Phi) is 38.4. The summed E-state index contributed by atoms with van der Waals surface area (Å²) in [5.74, 6) is -2.55. The number of hydrogen-bond acceptors (Lipinski definition) is 21. The summed E-state index contributed by atoms with van der Waals surface area (Å²) in [5, 5.41) is 102. The molecule has 0 aliphatic carbocycles. The van der Waals surface area contributed by atoms with Crippen LogP contribution in [0.5, 0.6) is 0 Å². The van der Waals surface area contributed by atoms with E-state index in [0.717, 1.165) is 5.92 Å². The van der Waals surface area contributed by atoms with Crippen molar-refractivity contribution in [3.63, 3.8) is 0 Å². The van der Waals surface area contributed by atoms with Crippen LogP contribution >= 0.6 is 0 Å². The molecule has 25 nitrogen and oxygen atoms in total. The molecule has 0 aromatic rings. The van der Waals surface area contributed by atoms with Crippen LogP contribution in [0.2, 0.25) is 0 Å². The van der Waals surface area contributed by atoms with Gasteiger partial charge in [-0.15, -0.1) is 0 Å². The Morgan fingerprint density at radius 1 is 0.463 bits per heavy atom. The van der Waals surface area contributed by atoms with Crippen LogP contribution in [0.3, 0.4) is 0 Å². The number of methoxy groups -OCH3 is 1. The fourth-order valence-electron chi connectivity index (χ4n) is 9.10. The second kappa shape index (κ2) is 41.0. The molecule has 0 aromatic carbocycles. The standard InChI is InChI=1S/C50H90N4O21.C4H10.CH4/c1-30-41(63)44(66)34(27-55)73-47(30)70-24-6-5-11-33(58)14-17-50(54-40(62)13-7-12-37(59)51-20-8-23-69-4,18-15-38(60)52-21-9-25-71-48-31(2)42(64)45(67)35(28-56)74-48)19-16-39(61)53-22-10-26-72-49-32(3)43(65)46(68)36(29-57)75-49;1-4(2)3;/h30-32,34-36,41-49,55-57,63-68H,5-29H2,1-4H3,(H,51,59)(H,52,60)(H,53,61)(H,54,62);4H,1-3H3;1H4/t30?,31?,32?,34?,35?,36?,41-,42-,43-,44+,45+,46+,47-,48-,49-,50?;;/m1../s1. The first-order chi connectivity index (χ1) is 37.5. The molecule has 3 rings (SSSR count). The van der Waals surface area contributed by atoms with Crippen LogP contribution in [-0.4, -0.2) is 228 Å². The Morgan fingerprint density at radius 3 is 1.18 bits per heavy atom. The number of ketones is 1. The highest BCUT2D eigenvalue weighted by molar-refractivity contribution is 5.81. The zero-order valence-electron chi connectivity index (χ0n) is 47.8. The minimum Gasteiger partial charge on any atom is -0.394 e. The monoisotopic (exact) mass is 1160 g/mol. The predicted molar refractivity (Wildman–Crippen MR) is 292 cm³/mol. The summed E-state index contributed by atoms with van der Waals surface area (Å²) in [6, 6.07) is 0. The first-order valence-corrected chi connectivity index (χ1v) is 28.4. The van der Waals surface area contributed by atoms with E-state index in [9.17, 15) is 69.9 Å². The quantitative estimate of drug-likeness (QED) is 0.0359. The Balaban J connectivity index is 0.00000618. The van der Waals surface area contributed by atoms with E-state index >= 15 is 0 Å². The molecule has 13 N–H and O–H groups in total. The Hall–Kier alpha value is -3.09. The minimum absolute atomic E-state index is 0. The second-order valence-corrected chi connectivity index (χ2v) is 21.8. The van der Waals surface area contributed by atoms with E-state index < -0.39 is 123 Å². The van der Waals surface area contributed by atoms with Crippen molar-refractivity contribution in [1.29, 1.82) is 0 Å². The van der Waals surface area contributed by atoms with Crippen LogP contribution in [0.15, 0.2) is 0 Å². The fourth-order valence-corrected chi connectivity index (χ4v) is 9.10. The number of nitrogens with one attached hydrogen (secondary N) is 4. The SMILES string of the molecule is C.CC(C)C.COCCCNC(=O)CCCC(=O)NC(CCC(=O)CCCCO[C@@H]1OC(CO)[C@H](O)[C@H](O)C1C)(CCC(=O)NCCCO[C@@H]1OC(CO)[C@H](O)[C@H](O)C1C)CCC(=O)NCCCO[C@@H]1OC(CO)[C@H](O)[C@H](O)C1C. The van der Waals surface area contributed by atoms with E-state index in [1.54, 1.807) is 27.9 Å². The van der Waals surface area contributed by atoms with Gasteiger partial charge in [-0.1, -0.05) is 49.0 Å². The number of unbranched alkanes of at least 4 members (excludes halogenated alkanes) is 1. The summed E-state index contributed by atoms with van der Waals surface area (Å²) in [6.07, 6.45) is -10.8. The van der Waals surface area contributed by atoms with Crippen LogP contribution in [0, 0.1) is 23.7 Å². The van der Waals surface area contributed by atoms with E-state index in [-0.39, 0.29) is 128 Å². The number of aliphatic hydroxyl groups excluding tert-OH is 9. The molecule has 3 aliphatic heterocycles. The van der Waals surface area contributed by atoms with Gasteiger partial charge >= 0.3 is 0 Å². The van der Waals surface area contributed by atoms with Gasteiger partial charge in [0.2, 0.25) is 23.6 Å². The zero-order chi connectivity index (χ0) is 59.1. The Labute approximate surface area is 473 Å². The third kappa shape index (κ3) is 27.5. The van der Waals surface area contributed by atoms with Gasteiger partial charge in [0.15, 0.2) is 18.9 Å². The number of carbonyl (C=O) groups excluding carboxylic acids is 5. The highest BCUT2D eigenvalue weighted by atomic mass is 16.7. The van der Waals surface area contributed by atoms with E-state index in [1.165, 1.54) is 0 Å². The molecule has 0 radical (unpaired) electrons. The smallest absolute Gasteiger partial charge is 0.220 e. The fraction of sp³-hybridized carbons (Fsp3) is 0.909. The van der Waals surface area contributed by atoms with Gasteiger partial charge in [0.05, 0.1) is 51.3 Å². The van der Waals surface area contributed by atoms with Crippen molar-refractivity contribution in [3.8, 4) is 0 Å².